The molecule has 6 nitrogen and oxygen atoms in total. The maximum atomic E-state index is 13.1. The molecule has 0 aromatic heterocycles. The number of carbonyl (C=O) groups excluding carboxylic acids is 2. The number of methoxy groups -OCH3 is 2. The monoisotopic (exact) mass is 515 g/mol. The molecule has 30 heavy (non-hydrogen) atoms. The van der Waals surface area contributed by atoms with Crippen LogP contribution in [0.1, 0.15) is 12.0 Å². The second-order valence-electron chi connectivity index (χ2n) is 6.89. The number of hydrogen-bond acceptors (Lipinski definition) is 5. The highest BCUT2D eigenvalue weighted by molar-refractivity contribution is 9.09. The third kappa shape index (κ3) is 3.15. The molecule has 1 N–H and O–H groups in total. The van der Waals surface area contributed by atoms with Crippen LogP contribution in [-0.2, 0) is 9.59 Å². The van der Waals surface area contributed by atoms with Gasteiger partial charge in [0.25, 0.3) is 11.8 Å². The Morgan fingerprint density at radius 3 is 2.37 bits per heavy atom. The average molecular weight is 517 g/mol. The smallest absolute Gasteiger partial charge is 0.254 e. The SMILES string of the molecule is C=CC1=CCC2(Cl)C(=O)N(CBr)C(=O)C2(Cl)C1C=Cc1cc(OC)c(O)c(OC)c1. The molecule has 160 valence electrons. The molecule has 3 atom stereocenters. The van der Waals surface area contributed by atoms with E-state index in [0.717, 1.165) is 4.90 Å². The Hall–Kier alpha value is -1.96. The standard InChI is InChI=1S/C21H20BrCl2NO5/c1-4-13-7-8-20(23)18(27)25(11-22)19(28)21(20,24)14(13)6-5-12-9-15(29-2)17(26)16(10-12)30-3/h4-7,9-10,14,26H,1,8,11H2,2-3H3. The molecule has 0 radical (unpaired) electrons. The number of alkyl halides is 3. The zero-order valence-electron chi connectivity index (χ0n) is 16.3. The van der Waals surface area contributed by atoms with Crippen molar-refractivity contribution in [2.24, 2.45) is 5.92 Å². The van der Waals surface area contributed by atoms with Crippen molar-refractivity contribution in [2.75, 3.05) is 19.7 Å². The molecule has 1 aliphatic carbocycles. The van der Waals surface area contributed by atoms with E-state index in [-0.39, 0.29) is 29.1 Å². The minimum atomic E-state index is -1.71. The van der Waals surface area contributed by atoms with Crippen LogP contribution in [0.15, 0.2) is 42.5 Å². The third-order valence-electron chi connectivity index (χ3n) is 5.46. The lowest BCUT2D eigenvalue weighted by atomic mass is 9.71. The summed E-state index contributed by atoms with van der Waals surface area (Å²) in [6.45, 7) is 3.81. The van der Waals surface area contributed by atoms with E-state index in [9.17, 15) is 14.7 Å². The topological polar surface area (TPSA) is 76.1 Å². The first kappa shape index (κ1) is 22.7. The highest BCUT2D eigenvalue weighted by Crippen LogP contribution is 2.56. The van der Waals surface area contributed by atoms with Crippen molar-refractivity contribution in [3.05, 3.63) is 48.1 Å². The summed E-state index contributed by atoms with van der Waals surface area (Å²) >= 11 is 16.7. The number of phenols is 1. The van der Waals surface area contributed by atoms with Crippen molar-refractivity contribution in [3.63, 3.8) is 0 Å². The molecule has 0 spiro atoms. The highest BCUT2D eigenvalue weighted by Gasteiger charge is 2.71. The maximum Gasteiger partial charge on any atom is 0.254 e. The zero-order chi connectivity index (χ0) is 22.3. The number of aromatic hydroxyl groups is 1. The number of likely N-dealkylation sites (tertiary alicyclic amines) is 1. The number of nitrogens with zero attached hydrogens (tertiary/aromatic N) is 1. The number of phenolic OH excluding ortho intramolecular Hbond substituents is 1. The van der Waals surface area contributed by atoms with Gasteiger partial charge in [0.1, 0.15) is 0 Å². The number of allylic oxidation sites excluding steroid dienone is 4. The van der Waals surface area contributed by atoms with Gasteiger partial charge in [-0.2, -0.15) is 0 Å². The quantitative estimate of drug-likeness (QED) is 0.348. The van der Waals surface area contributed by atoms with Crippen LogP contribution in [0.2, 0.25) is 0 Å². The number of imide groups is 1. The first-order valence-electron chi connectivity index (χ1n) is 8.95. The van der Waals surface area contributed by atoms with Crippen molar-refractivity contribution in [2.45, 2.75) is 16.2 Å². The van der Waals surface area contributed by atoms with Crippen molar-refractivity contribution in [3.8, 4) is 17.2 Å². The van der Waals surface area contributed by atoms with E-state index in [1.54, 1.807) is 36.4 Å². The first-order valence-corrected chi connectivity index (χ1v) is 10.8. The minimum Gasteiger partial charge on any atom is -0.502 e. The van der Waals surface area contributed by atoms with Crippen LogP contribution in [0.25, 0.3) is 6.08 Å². The molecule has 9 heteroatoms. The number of benzene rings is 1. The lowest BCUT2D eigenvalue weighted by molar-refractivity contribution is -0.138. The molecule has 1 aromatic rings. The van der Waals surface area contributed by atoms with Crippen LogP contribution in [0, 0.1) is 5.92 Å². The van der Waals surface area contributed by atoms with Gasteiger partial charge < -0.3 is 14.6 Å². The number of fused-ring (bicyclic) bond motifs is 1. The van der Waals surface area contributed by atoms with Crippen LogP contribution >= 0.6 is 39.1 Å². The van der Waals surface area contributed by atoms with Gasteiger partial charge in [0, 0.05) is 5.92 Å². The van der Waals surface area contributed by atoms with Crippen LogP contribution < -0.4 is 9.47 Å². The van der Waals surface area contributed by atoms with Crippen LogP contribution in [0.3, 0.4) is 0 Å². The average Bonchev–Trinajstić information content (AvgIpc) is 2.89. The molecular formula is C21H20BrCl2NO5. The summed E-state index contributed by atoms with van der Waals surface area (Å²) < 4.78 is 10.4. The molecule has 2 aliphatic rings. The van der Waals surface area contributed by atoms with Gasteiger partial charge in [0.2, 0.25) is 5.75 Å². The Morgan fingerprint density at radius 2 is 1.87 bits per heavy atom. The maximum absolute atomic E-state index is 13.1. The van der Waals surface area contributed by atoms with Gasteiger partial charge in [-0.05, 0) is 29.7 Å². The lowest BCUT2D eigenvalue weighted by Crippen LogP contribution is -2.55. The Balaban J connectivity index is 2.11. The molecule has 3 unspecified atom stereocenters. The number of ether oxygens (including phenoxy) is 2. The first-order chi connectivity index (χ1) is 14.2. The van der Waals surface area contributed by atoms with Gasteiger partial charge in [0.05, 0.1) is 19.7 Å². The molecule has 1 aliphatic heterocycles. The number of rotatable bonds is 6. The van der Waals surface area contributed by atoms with Crippen LogP contribution in [0.4, 0.5) is 0 Å². The Morgan fingerprint density at radius 1 is 1.27 bits per heavy atom. The van der Waals surface area contributed by atoms with Crippen molar-refractivity contribution < 1.29 is 24.2 Å². The van der Waals surface area contributed by atoms with Crippen molar-refractivity contribution in [1.29, 1.82) is 0 Å². The summed E-state index contributed by atoms with van der Waals surface area (Å²) in [6.07, 6.45) is 6.89. The molecule has 1 fully saturated rings. The summed E-state index contributed by atoms with van der Waals surface area (Å²) in [5.74, 6) is -1.49. The molecule has 0 saturated carbocycles. The predicted octanol–water partition coefficient (Wildman–Crippen LogP) is 4.23. The number of halogens is 3. The van der Waals surface area contributed by atoms with Crippen molar-refractivity contribution in [1.82, 2.24) is 4.90 Å². The minimum absolute atomic E-state index is 0.000175. The summed E-state index contributed by atoms with van der Waals surface area (Å²) in [4.78, 5) is 23.7. The van der Waals surface area contributed by atoms with E-state index in [2.05, 4.69) is 22.5 Å². The second-order valence-corrected chi connectivity index (χ2v) is 8.64. The van der Waals surface area contributed by atoms with Crippen LogP contribution in [0.5, 0.6) is 17.2 Å². The van der Waals surface area contributed by atoms with E-state index in [1.807, 2.05) is 0 Å². The Kier molecular flexibility index (Phi) is 6.28. The van der Waals surface area contributed by atoms with E-state index in [4.69, 9.17) is 32.7 Å². The van der Waals surface area contributed by atoms with E-state index in [1.165, 1.54) is 14.2 Å². The van der Waals surface area contributed by atoms with Gasteiger partial charge >= 0.3 is 0 Å². The number of amides is 2. The Bertz CT molecular complexity index is 953. The highest BCUT2D eigenvalue weighted by atomic mass is 79.9. The number of hydrogen-bond donors (Lipinski definition) is 1. The molecular weight excluding hydrogens is 497 g/mol. The summed E-state index contributed by atoms with van der Waals surface area (Å²) in [6, 6.07) is 3.21. The normalized spacial score (nSPS) is 28.5. The fraction of sp³-hybridized carbons (Fsp3) is 0.333. The second kappa shape index (κ2) is 8.29. The molecule has 2 amide bonds. The third-order valence-corrected chi connectivity index (χ3v) is 7.39. The lowest BCUT2D eigenvalue weighted by Gasteiger charge is -2.40. The largest absolute Gasteiger partial charge is 0.502 e. The molecule has 3 rings (SSSR count). The molecule has 1 saturated heterocycles. The van der Waals surface area contributed by atoms with Gasteiger partial charge in [0.15, 0.2) is 21.2 Å². The van der Waals surface area contributed by atoms with Crippen LogP contribution in [-0.4, -0.2) is 51.2 Å². The van der Waals surface area contributed by atoms with E-state index < -0.39 is 27.5 Å². The zero-order valence-corrected chi connectivity index (χ0v) is 19.4. The predicted molar refractivity (Wildman–Crippen MR) is 119 cm³/mol. The summed E-state index contributed by atoms with van der Waals surface area (Å²) in [5.41, 5.74) is 1.32. The molecule has 1 heterocycles. The fourth-order valence-corrected chi connectivity index (χ4v) is 5.13. The van der Waals surface area contributed by atoms with Gasteiger partial charge in [-0.3, -0.25) is 14.5 Å². The fourth-order valence-electron chi connectivity index (χ4n) is 3.84. The molecule has 0 bridgehead atoms. The summed E-state index contributed by atoms with van der Waals surface area (Å²) in [7, 11) is 2.85. The molecule has 1 aromatic carbocycles. The van der Waals surface area contributed by atoms with Crippen molar-refractivity contribution >= 4 is 57.0 Å². The summed E-state index contributed by atoms with van der Waals surface area (Å²) in [5, 5.41) is 10.1. The Labute approximate surface area is 192 Å². The van der Waals surface area contributed by atoms with Gasteiger partial charge in [-0.25, -0.2) is 0 Å². The number of carbonyl (C=O) groups is 2. The van der Waals surface area contributed by atoms with E-state index >= 15 is 0 Å². The van der Waals surface area contributed by atoms with E-state index in [0.29, 0.717) is 11.1 Å². The van der Waals surface area contributed by atoms with Gasteiger partial charge in [-0.15, -0.1) is 23.2 Å². The van der Waals surface area contributed by atoms with Gasteiger partial charge in [-0.1, -0.05) is 46.8 Å².